The number of fused-ring (bicyclic) bond motifs is 1. The summed E-state index contributed by atoms with van der Waals surface area (Å²) < 4.78 is 16.2. The van der Waals surface area contributed by atoms with Gasteiger partial charge in [-0.3, -0.25) is 0 Å². The summed E-state index contributed by atoms with van der Waals surface area (Å²) >= 11 is 0. The minimum Gasteiger partial charge on any atom is -0.496 e. The van der Waals surface area contributed by atoms with Gasteiger partial charge in [0, 0.05) is 6.07 Å². The highest BCUT2D eigenvalue weighted by atomic mass is 16.7. The van der Waals surface area contributed by atoms with Gasteiger partial charge in [-0.1, -0.05) is 0 Å². The lowest BCUT2D eigenvalue weighted by Gasteiger charge is -2.13. The Balaban J connectivity index is 1.86. The minimum absolute atomic E-state index is 0.312. The summed E-state index contributed by atoms with van der Waals surface area (Å²) in [6, 6.07) is 3.99. The Bertz CT molecular complexity index is 413. The quantitative estimate of drug-likeness (QED) is 0.863. The topological polar surface area (TPSA) is 39.7 Å². The average molecular weight is 235 g/mol. The number of methoxy groups -OCH3 is 1. The lowest BCUT2D eigenvalue weighted by atomic mass is 9.97. The number of ether oxygens (including phenoxy) is 3. The van der Waals surface area contributed by atoms with Gasteiger partial charge in [0.05, 0.1) is 7.11 Å². The molecule has 1 atom stereocenters. The number of hydrogen-bond acceptors (Lipinski definition) is 4. The number of hydrogen-bond donors (Lipinski definition) is 1. The van der Waals surface area contributed by atoms with Crippen molar-refractivity contribution in [2.75, 3.05) is 27.0 Å². The summed E-state index contributed by atoms with van der Waals surface area (Å²) in [5.41, 5.74) is 1.21. The highest BCUT2D eigenvalue weighted by Gasteiger charge is 2.21. The maximum atomic E-state index is 5.42. The normalized spacial score (nSPS) is 21.8. The maximum Gasteiger partial charge on any atom is 0.231 e. The summed E-state index contributed by atoms with van der Waals surface area (Å²) in [4.78, 5) is 0. The van der Waals surface area contributed by atoms with Crippen molar-refractivity contribution in [3.63, 3.8) is 0 Å². The summed E-state index contributed by atoms with van der Waals surface area (Å²) in [6.45, 7) is 2.53. The molecule has 4 nitrogen and oxygen atoms in total. The molecule has 2 aliphatic rings. The zero-order valence-electron chi connectivity index (χ0n) is 9.99. The molecule has 17 heavy (non-hydrogen) atoms. The fraction of sp³-hybridized carbons (Fsp3) is 0.538. The van der Waals surface area contributed by atoms with E-state index in [0.717, 1.165) is 36.8 Å². The molecule has 1 saturated heterocycles. The van der Waals surface area contributed by atoms with Crippen LogP contribution in [0.25, 0.3) is 0 Å². The Labute approximate surface area is 101 Å². The standard InChI is InChI=1S/C13H17NO3/c1-15-11-6-13-12(16-8-17-13)5-10(11)4-9-2-3-14-7-9/h5-6,9,14H,2-4,7-8H2,1H3. The molecule has 1 N–H and O–H groups in total. The molecular weight excluding hydrogens is 218 g/mol. The number of nitrogens with one attached hydrogen (secondary N) is 1. The minimum atomic E-state index is 0.312. The second-order valence-corrected chi connectivity index (χ2v) is 4.58. The zero-order chi connectivity index (χ0) is 11.7. The van der Waals surface area contributed by atoms with E-state index >= 15 is 0 Å². The zero-order valence-corrected chi connectivity index (χ0v) is 9.99. The van der Waals surface area contributed by atoms with Gasteiger partial charge in [-0.2, -0.15) is 0 Å². The van der Waals surface area contributed by atoms with Crippen LogP contribution in [-0.4, -0.2) is 27.0 Å². The third-order valence-corrected chi connectivity index (χ3v) is 3.45. The van der Waals surface area contributed by atoms with Crippen LogP contribution < -0.4 is 19.5 Å². The van der Waals surface area contributed by atoms with E-state index in [1.807, 2.05) is 6.07 Å². The van der Waals surface area contributed by atoms with Gasteiger partial charge in [-0.15, -0.1) is 0 Å². The van der Waals surface area contributed by atoms with Crippen molar-refractivity contribution in [2.24, 2.45) is 5.92 Å². The molecule has 1 unspecified atom stereocenters. The first-order valence-electron chi connectivity index (χ1n) is 6.04. The summed E-state index contributed by atoms with van der Waals surface area (Å²) in [7, 11) is 1.70. The molecule has 0 amide bonds. The van der Waals surface area contributed by atoms with Gasteiger partial charge in [0.15, 0.2) is 11.5 Å². The van der Waals surface area contributed by atoms with Gasteiger partial charge in [0.2, 0.25) is 6.79 Å². The van der Waals surface area contributed by atoms with Gasteiger partial charge < -0.3 is 19.5 Å². The third kappa shape index (κ3) is 2.05. The van der Waals surface area contributed by atoms with Crippen molar-refractivity contribution in [1.29, 1.82) is 0 Å². The molecule has 0 spiro atoms. The van der Waals surface area contributed by atoms with Gasteiger partial charge in [0.25, 0.3) is 0 Å². The first-order chi connectivity index (χ1) is 8.36. The van der Waals surface area contributed by atoms with Gasteiger partial charge in [0.1, 0.15) is 5.75 Å². The van der Waals surface area contributed by atoms with E-state index < -0.39 is 0 Å². The fourth-order valence-electron chi connectivity index (χ4n) is 2.51. The van der Waals surface area contributed by atoms with Crippen LogP contribution in [0.1, 0.15) is 12.0 Å². The third-order valence-electron chi connectivity index (χ3n) is 3.45. The molecule has 92 valence electrons. The Hall–Kier alpha value is -1.42. The second-order valence-electron chi connectivity index (χ2n) is 4.58. The lowest BCUT2D eigenvalue weighted by Crippen LogP contribution is -2.11. The van der Waals surface area contributed by atoms with E-state index in [9.17, 15) is 0 Å². The molecule has 4 heteroatoms. The van der Waals surface area contributed by atoms with Crippen molar-refractivity contribution < 1.29 is 14.2 Å². The molecule has 1 fully saturated rings. The monoisotopic (exact) mass is 235 g/mol. The first kappa shape index (κ1) is 10.7. The van der Waals surface area contributed by atoms with Gasteiger partial charge >= 0.3 is 0 Å². The molecular formula is C13H17NO3. The first-order valence-corrected chi connectivity index (χ1v) is 6.04. The molecule has 1 aromatic carbocycles. The van der Waals surface area contributed by atoms with Crippen LogP contribution in [0.15, 0.2) is 12.1 Å². The van der Waals surface area contributed by atoms with E-state index in [4.69, 9.17) is 14.2 Å². The van der Waals surface area contributed by atoms with Crippen molar-refractivity contribution in [1.82, 2.24) is 5.32 Å². The molecule has 3 rings (SSSR count). The van der Waals surface area contributed by atoms with Gasteiger partial charge in [-0.25, -0.2) is 0 Å². The van der Waals surface area contributed by atoms with Crippen LogP contribution in [0.2, 0.25) is 0 Å². The predicted molar refractivity (Wildman–Crippen MR) is 63.8 cm³/mol. The molecule has 0 bridgehead atoms. The fourth-order valence-corrected chi connectivity index (χ4v) is 2.51. The average Bonchev–Trinajstić information content (AvgIpc) is 2.98. The largest absolute Gasteiger partial charge is 0.496 e. The van der Waals surface area contributed by atoms with E-state index in [1.165, 1.54) is 12.0 Å². The van der Waals surface area contributed by atoms with E-state index in [-0.39, 0.29) is 0 Å². The van der Waals surface area contributed by atoms with Crippen LogP contribution in [0.5, 0.6) is 17.2 Å². The molecule has 0 aliphatic carbocycles. The predicted octanol–water partition coefficient (Wildman–Crippen LogP) is 1.58. The molecule has 0 saturated carbocycles. The highest BCUT2D eigenvalue weighted by Crippen LogP contribution is 2.39. The van der Waals surface area contributed by atoms with Crippen molar-refractivity contribution >= 4 is 0 Å². The Kier molecular flexibility index (Phi) is 2.81. The molecule has 1 aromatic rings. The summed E-state index contributed by atoms with van der Waals surface area (Å²) in [5.74, 6) is 3.23. The summed E-state index contributed by atoms with van der Waals surface area (Å²) in [5, 5.41) is 3.39. The second kappa shape index (κ2) is 4.45. The number of rotatable bonds is 3. The Morgan fingerprint density at radius 2 is 2.18 bits per heavy atom. The highest BCUT2D eigenvalue weighted by molar-refractivity contribution is 5.52. The Morgan fingerprint density at radius 1 is 1.35 bits per heavy atom. The van der Waals surface area contributed by atoms with Crippen molar-refractivity contribution in [2.45, 2.75) is 12.8 Å². The summed E-state index contributed by atoms with van der Waals surface area (Å²) in [6.07, 6.45) is 2.27. The van der Waals surface area contributed by atoms with Crippen LogP contribution in [0.3, 0.4) is 0 Å². The van der Waals surface area contributed by atoms with Crippen LogP contribution in [0.4, 0.5) is 0 Å². The van der Waals surface area contributed by atoms with Crippen molar-refractivity contribution in [3.05, 3.63) is 17.7 Å². The van der Waals surface area contributed by atoms with E-state index in [2.05, 4.69) is 11.4 Å². The lowest BCUT2D eigenvalue weighted by molar-refractivity contribution is 0.174. The maximum absolute atomic E-state index is 5.42. The van der Waals surface area contributed by atoms with E-state index in [1.54, 1.807) is 7.11 Å². The molecule has 2 aliphatic heterocycles. The Morgan fingerprint density at radius 3 is 2.88 bits per heavy atom. The van der Waals surface area contributed by atoms with Crippen molar-refractivity contribution in [3.8, 4) is 17.2 Å². The van der Waals surface area contributed by atoms with Gasteiger partial charge in [-0.05, 0) is 43.5 Å². The SMILES string of the molecule is COc1cc2c(cc1CC1CCNC1)OCO2. The number of benzene rings is 1. The van der Waals surface area contributed by atoms with E-state index in [0.29, 0.717) is 12.7 Å². The molecule has 0 aromatic heterocycles. The van der Waals surface area contributed by atoms with Crippen LogP contribution >= 0.6 is 0 Å². The molecule has 2 heterocycles. The molecule has 0 radical (unpaired) electrons. The smallest absolute Gasteiger partial charge is 0.231 e. The van der Waals surface area contributed by atoms with Crippen LogP contribution in [-0.2, 0) is 6.42 Å². The van der Waals surface area contributed by atoms with Crippen LogP contribution in [0, 0.1) is 5.92 Å².